The maximum absolute atomic E-state index is 12.6. The van der Waals surface area contributed by atoms with E-state index in [1.807, 2.05) is 0 Å². The Bertz CT molecular complexity index is 1240. The molecule has 0 rings (SSSR count). The number of rotatable bonds is 72. The van der Waals surface area contributed by atoms with E-state index in [-0.39, 0.29) is 18.5 Å². The summed E-state index contributed by atoms with van der Waals surface area (Å²) in [5.74, 6) is -0.0136. The lowest BCUT2D eigenvalue weighted by Crippen LogP contribution is -2.45. The molecule has 0 bridgehead atoms. The largest absolute Gasteiger partial charge is 0.466 e. The van der Waals surface area contributed by atoms with Gasteiger partial charge in [0.25, 0.3) is 0 Å². The molecular weight excluding hydrogens is 1010 g/mol. The summed E-state index contributed by atoms with van der Waals surface area (Å²) in [6, 6.07) is -0.545. The number of hydrogen-bond donors (Lipinski definition) is 3. The van der Waals surface area contributed by atoms with Crippen molar-refractivity contribution in [2.24, 2.45) is 0 Å². The molecule has 0 aliphatic heterocycles. The summed E-state index contributed by atoms with van der Waals surface area (Å²) in [7, 11) is 0. The Morgan fingerprint density at radius 3 is 0.866 bits per heavy atom. The fourth-order valence-electron chi connectivity index (χ4n) is 12.3. The molecule has 0 fully saturated rings. The van der Waals surface area contributed by atoms with Crippen LogP contribution in [0.3, 0.4) is 0 Å². The van der Waals surface area contributed by atoms with E-state index in [2.05, 4.69) is 31.3 Å². The summed E-state index contributed by atoms with van der Waals surface area (Å²) < 4.78 is 5.51. The second kappa shape index (κ2) is 72.1. The maximum Gasteiger partial charge on any atom is 0.305 e. The number of hydrogen-bond acceptors (Lipinski definition) is 5. The molecule has 488 valence electrons. The molecule has 0 aromatic carbocycles. The molecule has 0 spiro atoms. The molecule has 6 nitrogen and oxygen atoms in total. The summed E-state index contributed by atoms with van der Waals surface area (Å²) in [6.45, 7) is 5.01. The van der Waals surface area contributed by atoms with Gasteiger partial charge in [-0.25, -0.2) is 0 Å². The Morgan fingerprint density at radius 1 is 0.329 bits per heavy atom. The van der Waals surface area contributed by atoms with E-state index in [1.54, 1.807) is 0 Å². The number of carbonyl (C=O) groups is 2. The highest BCUT2D eigenvalue weighted by atomic mass is 16.5. The van der Waals surface area contributed by atoms with Crippen LogP contribution in [0.4, 0.5) is 0 Å². The first kappa shape index (κ1) is 80.6. The average molecular weight is 1160 g/mol. The predicted molar refractivity (Wildman–Crippen MR) is 361 cm³/mol. The second-order valence-corrected chi connectivity index (χ2v) is 26.3. The zero-order chi connectivity index (χ0) is 59.2. The first-order valence-electron chi connectivity index (χ1n) is 37.9. The number of unbranched alkanes of at least 4 members (excludes halogenated alkanes) is 59. The number of aliphatic hydroxyl groups excluding tert-OH is 2. The third kappa shape index (κ3) is 67.7. The highest BCUT2D eigenvalue weighted by molar-refractivity contribution is 5.76. The fourth-order valence-corrected chi connectivity index (χ4v) is 12.3. The Labute approximate surface area is 514 Å². The molecule has 0 radical (unpaired) electrons. The van der Waals surface area contributed by atoms with E-state index < -0.39 is 12.1 Å². The van der Waals surface area contributed by atoms with Gasteiger partial charge >= 0.3 is 5.97 Å². The van der Waals surface area contributed by atoms with Gasteiger partial charge < -0.3 is 20.3 Å². The summed E-state index contributed by atoms with van der Waals surface area (Å²) >= 11 is 0. The van der Waals surface area contributed by atoms with Gasteiger partial charge in [0.1, 0.15) is 0 Å². The maximum atomic E-state index is 12.6. The van der Waals surface area contributed by atoms with Crippen LogP contribution in [0.1, 0.15) is 438 Å². The average Bonchev–Trinajstić information content (AvgIpc) is 3.48. The number of allylic oxidation sites excluding steroid dienone is 2. The van der Waals surface area contributed by atoms with Gasteiger partial charge in [-0.05, 0) is 51.4 Å². The van der Waals surface area contributed by atoms with Crippen LogP contribution < -0.4 is 5.32 Å². The van der Waals surface area contributed by atoms with Gasteiger partial charge in [-0.3, -0.25) is 9.59 Å². The number of amides is 1. The number of carbonyl (C=O) groups excluding carboxylic acids is 2. The molecule has 0 saturated heterocycles. The zero-order valence-corrected chi connectivity index (χ0v) is 56.0. The standard InChI is InChI=1S/C76H149NO5/c1-3-5-7-9-11-13-15-17-19-21-22-23-27-30-33-37-40-44-48-52-56-60-64-68-74(79)73(72-78)77-75(80)69-65-61-57-53-49-45-41-38-34-31-28-25-24-26-29-32-35-39-43-47-51-55-59-63-67-71-82-76(81)70-66-62-58-54-50-46-42-36-20-18-16-14-12-10-8-6-4-2/h25,28,73-74,78-79H,3-24,26-27,29-72H2,1-2H3,(H,77,80)/b28-25-. The molecule has 1 amide bonds. The minimum Gasteiger partial charge on any atom is -0.466 e. The molecule has 0 saturated carbocycles. The van der Waals surface area contributed by atoms with Crippen molar-refractivity contribution in [3.8, 4) is 0 Å². The predicted octanol–water partition coefficient (Wildman–Crippen LogP) is 24.7. The van der Waals surface area contributed by atoms with Crippen molar-refractivity contribution in [1.82, 2.24) is 5.32 Å². The lowest BCUT2D eigenvalue weighted by molar-refractivity contribution is -0.143. The molecular formula is C76H149NO5. The van der Waals surface area contributed by atoms with Gasteiger partial charge in [0.05, 0.1) is 25.4 Å². The van der Waals surface area contributed by atoms with Crippen LogP contribution in [0.25, 0.3) is 0 Å². The topological polar surface area (TPSA) is 95.9 Å². The van der Waals surface area contributed by atoms with Crippen LogP contribution in [-0.2, 0) is 14.3 Å². The number of aliphatic hydroxyl groups is 2. The van der Waals surface area contributed by atoms with Crippen molar-refractivity contribution in [3.63, 3.8) is 0 Å². The molecule has 0 aliphatic carbocycles. The van der Waals surface area contributed by atoms with Crippen LogP contribution in [0.2, 0.25) is 0 Å². The second-order valence-electron chi connectivity index (χ2n) is 26.3. The fraction of sp³-hybridized carbons (Fsp3) is 0.947. The summed E-state index contributed by atoms with van der Waals surface area (Å²) in [6.07, 6.45) is 89.9. The van der Waals surface area contributed by atoms with Gasteiger partial charge in [-0.15, -0.1) is 0 Å². The van der Waals surface area contributed by atoms with E-state index in [4.69, 9.17) is 4.74 Å². The van der Waals surface area contributed by atoms with E-state index in [0.717, 1.165) is 38.5 Å². The minimum absolute atomic E-state index is 0.0189. The van der Waals surface area contributed by atoms with Crippen molar-refractivity contribution < 1.29 is 24.5 Å². The number of ether oxygens (including phenoxy) is 1. The molecule has 0 aliphatic rings. The van der Waals surface area contributed by atoms with E-state index in [0.29, 0.717) is 25.9 Å². The van der Waals surface area contributed by atoms with Crippen molar-refractivity contribution in [3.05, 3.63) is 12.2 Å². The van der Waals surface area contributed by atoms with Crippen molar-refractivity contribution in [2.45, 2.75) is 450 Å². The molecule has 0 aromatic heterocycles. The Hall–Kier alpha value is -1.40. The van der Waals surface area contributed by atoms with Gasteiger partial charge in [-0.1, -0.05) is 386 Å². The molecule has 0 heterocycles. The minimum atomic E-state index is -0.667. The van der Waals surface area contributed by atoms with E-state index in [9.17, 15) is 19.8 Å². The number of esters is 1. The smallest absolute Gasteiger partial charge is 0.305 e. The van der Waals surface area contributed by atoms with Crippen LogP contribution in [0.5, 0.6) is 0 Å². The molecule has 6 heteroatoms. The SMILES string of the molecule is CCCCCCCCCCCCCCCCCCCCCCCCCC(O)C(CO)NC(=O)CCCCCCCCCCC/C=C\CCCCCCCCCCCCCCOC(=O)CCCCCCCCCCCCCCCCCCC. The monoisotopic (exact) mass is 1160 g/mol. The first-order valence-corrected chi connectivity index (χ1v) is 37.9. The summed E-state index contributed by atoms with van der Waals surface area (Å²) in [5.41, 5.74) is 0. The Morgan fingerprint density at radius 2 is 0.573 bits per heavy atom. The Balaban J connectivity index is 3.38. The van der Waals surface area contributed by atoms with Crippen LogP contribution >= 0.6 is 0 Å². The highest BCUT2D eigenvalue weighted by Crippen LogP contribution is 2.20. The molecule has 2 atom stereocenters. The first-order chi connectivity index (χ1) is 40.5. The normalized spacial score (nSPS) is 12.5. The van der Waals surface area contributed by atoms with Crippen LogP contribution in [0.15, 0.2) is 12.2 Å². The third-order valence-corrected chi connectivity index (χ3v) is 18.1. The molecule has 82 heavy (non-hydrogen) atoms. The molecule has 3 N–H and O–H groups in total. The van der Waals surface area contributed by atoms with Crippen LogP contribution in [-0.4, -0.2) is 47.4 Å². The summed E-state index contributed by atoms with van der Waals surface area (Å²) in [4.78, 5) is 24.7. The molecule has 2 unspecified atom stereocenters. The Kier molecular flexibility index (Phi) is 70.8. The highest BCUT2D eigenvalue weighted by Gasteiger charge is 2.20. The molecule has 0 aromatic rings. The van der Waals surface area contributed by atoms with Gasteiger partial charge in [0, 0.05) is 12.8 Å². The van der Waals surface area contributed by atoms with Crippen molar-refractivity contribution >= 4 is 11.9 Å². The van der Waals surface area contributed by atoms with Gasteiger partial charge in [0.2, 0.25) is 5.91 Å². The lowest BCUT2D eigenvalue weighted by Gasteiger charge is -2.22. The van der Waals surface area contributed by atoms with Gasteiger partial charge in [-0.2, -0.15) is 0 Å². The quantitative estimate of drug-likeness (QED) is 0.0320. The van der Waals surface area contributed by atoms with Crippen molar-refractivity contribution in [2.75, 3.05) is 13.2 Å². The van der Waals surface area contributed by atoms with Crippen LogP contribution in [0, 0.1) is 0 Å². The van der Waals surface area contributed by atoms with E-state index >= 15 is 0 Å². The van der Waals surface area contributed by atoms with Gasteiger partial charge in [0.15, 0.2) is 0 Å². The van der Waals surface area contributed by atoms with Crippen molar-refractivity contribution in [1.29, 1.82) is 0 Å². The third-order valence-electron chi connectivity index (χ3n) is 18.1. The summed E-state index contributed by atoms with van der Waals surface area (Å²) in [5, 5.41) is 23.5. The zero-order valence-electron chi connectivity index (χ0n) is 56.0. The van der Waals surface area contributed by atoms with E-state index in [1.165, 1.54) is 366 Å². The number of nitrogens with one attached hydrogen (secondary N) is 1. The lowest BCUT2D eigenvalue weighted by atomic mass is 10.0.